The number of aryl methyl sites for hydroxylation is 1. The number of fused-ring (bicyclic) bond motifs is 1. The minimum absolute atomic E-state index is 0.278. The monoisotopic (exact) mass is 470 g/mol. The van der Waals surface area contributed by atoms with E-state index in [0.29, 0.717) is 24.0 Å². The molecule has 1 saturated heterocycles. The van der Waals surface area contributed by atoms with E-state index >= 15 is 0 Å². The Morgan fingerprint density at radius 3 is 2.77 bits per heavy atom. The number of amides is 1. The van der Waals surface area contributed by atoms with Crippen molar-refractivity contribution in [2.45, 2.75) is 52.0 Å². The number of nitrogens with zero attached hydrogens (tertiary/aromatic N) is 7. The molecule has 0 unspecified atom stereocenters. The number of piperidine rings is 1. The fourth-order valence-electron chi connectivity index (χ4n) is 4.28. The maximum absolute atomic E-state index is 12.0. The second-order valence-electron chi connectivity index (χ2n) is 9.30. The summed E-state index contributed by atoms with van der Waals surface area (Å²) < 4.78 is 1.93. The van der Waals surface area contributed by atoms with Gasteiger partial charge in [0.05, 0.1) is 23.4 Å². The molecule has 1 fully saturated rings. The fraction of sp³-hybridized carbons (Fsp3) is 0.385. The molecule has 0 aromatic carbocycles. The van der Waals surface area contributed by atoms with Gasteiger partial charge in [-0.3, -0.25) is 14.5 Å². The van der Waals surface area contributed by atoms with Gasteiger partial charge in [0.15, 0.2) is 5.82 Å². The standard InChI is InChI=1S/C26H30N8O/c1-18(2)19-13-25(32-28-15-19)31-24-8-7-22-23(30-24)12-20(14-27-22)21-16-29-34(17-21)11-5-10-33-9-4-3-6-26(33)35/h7-8,12-18H,3-6,9-11H2,1-2H3,(H,30,31,32). The zero-order valence-corrected chi connectivity index (χ0v) is 20.2. The number of likely N-dealkylation sites (tertiary alicyclic amines) is 1. The highest BCUT2D eigenvalue weighted by Gasteiger charge is 2.17. The Bertz CT molecular complexity index is 1330. The molecule has 35 heavy (non-hydrogen) atoms. The number of anilines is 2. The summed E-state index contributed by atoms with van der Waals surface area (Å²) in [5.41, 5.74) is 4.67. The van der Waals surface area contributed by atoms with E-state index in [9.17, 15) is 4.79 Å². The predicted octanol–water partition coefficient (Wildman–Crippen LogP) is 4.55. The number of carbonyl (C=O) groups excluding carboxylic acids is 1. The van der Waals surface area contributed by atoms with Crippen molar-refractivity contribution in [1.82, 2.24) is 34.8 Å². The minimum atomic E-state index is 0.278. The third-order valence-electron chi connectivity index (χ3n) is 6.34. The van der Waals surface area contributed by atoms with Crippen LogP contribution in [0.5, 0.6) is 0 Å². The largest absolute Gasteiger partial charge is 0.343 e. The number of carbonyl (C=O) groups is 1. The van der Waals surface area contributed by atoms with Gasteiger partial charge in [-0.15, -0.1) is 5.10 Å². The van der Waals surface area contributed by atoms with Crippen LogP contribution in [0.1, 0.15) is 51.0 Å². The Balaban J connectivity index is 1.27. The van der Waals surface area contributed by atoms with E-state index in [1.807, 2.05) is 52.4 Å². The third-order valence-corrected chi connectivity index (χ3v) is 6.34. The first-order valence-corrected chi connectivity index (χ1v) is 12.2. The number of nitrogens with one attached hydrogen (secondary N) is 1. The van der Waals surface area contributed by atoms with Crippen molar-refractivity contribution in [2.75, 3.05) is 18.4 Å². The van der Waals surface area contributed by atoms with E-state index in [1.54, 1.807) is 6.20 Å². The van der Waals surface area contributed by atoms with Gasteiger partial charge < -0.3 is 10.2 Å². The number of aromatic nitrogens is 6. The average Bonchev–Trinajstić information content (AvgIpc) is 3.34. The molecule has 180 valence electrons. The molecule has 1 amide bonds. The molecular weight excluding hydrogens is 440 g/mol. The molecule has 1 aliphatic rings. The molecule has 0 atom stereocenters. The van der Waals surface area contributed by atoms with Crippen LogP contribution in [0.2, 0.25) is 0 Å². The molecule has 4 aromatic rings. The summed E-state index contributed by atoms with van der Waals surface area (Å²) in [6.45, 7) is 6.69. The molecule has 5 rings (SSSR count). The topological polar surface area (TPSA) is 102 Å². The predicted molar refractivity (Wildman–Crippen MR) is 135 cm³/mol. The summed E-state index contributed by atoms with van der Waals surface area (Å²) in [4.78, 5) is 23.3. The lowest BCUT2D eigenvalue weighted by atomic mass is 10.1. The maximum Gasteiger partial charge on any atom is 0.222 e. The Kier molecular flexibility index (Phi) is 6.65. The van der Waals surface area contributed by atoms with E-state index in [2.05, 4.69) is 39.4 Å². The zero-order chi connectivity index (χ0) is 24.2. The molecule has 0 aliphatic carbocycles. The number of pyridine rings is 2. The summed E-state index contributed by atoms with van der Waals surface area (Å²) in [7, 11) is 0. The molecule has 5 heterocycles. The lowest BCUT2D eigenvalue weighted by Crippen LogP contribution is -2.36. The van der Waals surface area contributed by atoms with Crippen molar-refractivity contribution in [1.29, 1.82) is 0 Å². The second kappa shape index (κ2) is 10.2. The van der Waals surface area contributed by atoms with Crippen LogP contribution in [0.3, 0.4) is 0 Å². The summed E-state index contributed by atoms with van der Waals surface area (Å²) >= 11 is 0. The van der Waals surface area contributed by atoms with Crippen molar-refractivity contribution in [2.24, 2.45) is 0 Å². The normalized spacial score (nSPS) is 14.1. The second-order valence-corrected chi connectivity index (χ2v) is 9.30. The van der Waals surface area contributed by atoms with Crippen molar-refractivity contribution in [3.63, 3.8) is 0 Å². The summed E-state index contributed by atoms with van der Waals surface area (Å²) in [6.07, 6.45) is 11.2. The first-order valence-electron chi connectivity index (χ1n) is 12.2. The SMILES string of the molecule is CC(C)c1cnnc(Nc2ccc3ncc(-c4cnn(CCCN5CCCCC5=O)c4)cc3n2)c1. The summed E-state index contributed by atoms with van der Waals surface area (Å²) in [5, 5.41) is 16.0. The molecular formula is C26H30N8O. The Morgan fingerprint density at radius 1 is 1.00 bits per heavy atom. The van der Waals surface area contributed by atoms with E-state index < -0.39 is 0 Å². The van der Waals surface area contributed by atoms with Gasteiger partial charge in [0.2, 0.25) is 5.91 Å². The lowest BCUT2D eigenvalue weighted by molar-refractivity contribution is -0.133. The highest BCUT2D eigenvalue weighted by Crippen LogP contribution is 2.24. The van der Waals surface area contributed by atoms with Crippen molar-refractivity contribution in [3.8, 4) is 11.1 Å². The molecule has 1 aliphatic heterocycles. The number of rotatable bonds is 8. The average molecular weight is 471 g/mol. The van der Waals surface area contributed by atoms with Crippen LogP contribution in [0.25, 0.3) is 22.2 Å². The van der Waals surface area contributed by atoms with Crippen LogP contribution >= 0.6 is 0 Å². The number of hydrogen-bond donors (Lipinski definition) is 1. The lowest BCUT2D eigenvalue weighted by Gasteiger charge is -2.26. The third kappa shape index (κ3) is 5.45. The first kappa shape index (κ1) is 22.9. The quantitative estimate of drug-likeness (QED) is 0.403. The molecule has 9 nitrogen and oxygen atoms in total. The molecule has 4 aromatic heterocycles. The van der Waals surface area contributed by atoms with Gasteiger partial charge in [-0.25, -0.2) is 4.98 Å². The highest BCUT2D eigenvalue weighted by molar-refractivity contribution is 5.81. The van der Waals surface area contributed by atoms with E-state index in [4.69, 9.17) is 4.98 Å². The highest BCUT2D eigenvalue weighted by atomic mass is 16.2. The smallest absolute Gasteiger partial charge is 0.222 e. The Hall–Kier alpha value is -3.88. The van der Waals surface area contributed by atoms with Gasteiger partial charge in [-0.2, -0.15) is 10.2 Å². The van der Waals surface area contributed by atoms with Crippen LogP contribution in [-0.4, -0.2) is 53.8 Å². The van der Waals surface area contributed by atoms with Crippen molar-refractivity contribution in [3.05, 3.63) is 54.6 Å². The minimum Gasteiger partial charge on any atom is -0.343 e. The van der Waals surface area contributed by atoms with E-state index in [-0.39, 0.29) is 5.91 Å². The van der Waals surface area contributed by atoms with Crippen LogP contribution in [-0.2, 0) is 11.3 Å². The van der Waals surface area contributed by atoms with Crippen LogP contribution < -0.4 is 5.32 Å². The first-order chi connectivity index (χ1) is 17.0. The van der Waals surface area contributed by atoms with E-state index in [1.165, 1.54) is 0 Å². The molecule has 1 N–H and O–H groups in total. The molecule has 0 bridgehead atoms. The van der Waals surface area contributed by atoms with Crippen molar-refractivity contribution < 1.29 is 4.79 Å². The number of hydrogen-bond acceptors (Lipinski definition) is 7. The van der Waals surface area contributed by atoms with E-state index in [0.717, 1.165) is 66.6 Å². The summed E-state index contributed by atoms with van der Waals surface area (Å²) in [6, 6.07) is 7.86. The van der Waals surface area contributed by atoms with Crippen LogP contribution in [0.4, 0.5) is 11.6 Å². The molecule has 0 radical (unpaired) electrons. The molecule has 0 saturated carbocycles. The van der Waals surface area contributed by atoms with Gasteiger partial charge in [-0.1, -0.05) is 13.8 Å². The van der Waals surface area contributed by atoms with Crippen LogP contribution in [0, 0.1) is 0 Å². The van der Waals surface area contributed by atoms with Gasteiger partial charge in [0, 0.05) is 49.6 Å². The van der Waals surface area contributed by atoms with Gasteiger partial charge in [-0.05, 0) is 55.0 Å². The van der Waals surface area contributed by atoms with Crippen molar-refractivity contribution >= 4 is 28.6 Å². The van der Waals surface area contributed by atoms with Gasteiger partial charge >= 0.3 is 0 Å². The molecule has 9 heteroatoms. The van der Waals surface area contributed by atoms with Crippen LogP contribution in [0.15, 0.2) is 49.1 Å². The summed E-state index contributed by atoms with van der Waals surface area (Å²) in [5.74, 6) is 2.01. The Labute approximate surface area is 204 Å². The Morgan fingerprint density at radius 2 is 1.91 bits per heavy atom. The van der Waals surface area contributed by atoms with Gasteiger partial charge in [0.25, 0.3) is 0 Å². The van der Waals surface area contributed by atoms with Gasteiger partial charge in [0.1, 0.15) is 5.82 Å². The zero-order valence-electron chi connectivity index (χ0n) is 20.2. The molecule has 0 spiro atoms. The fourth-order valence-corrected chi connectivity index (χ4v) is 4.28. The maximum atomic E-state index is 12.0.